The molecule has 0 bridgehead atoms. The molecule has 0 radical (unpaired) electrons. The highest BCUT2D eigenvalue weighted by Gasteiger charge is 2.43. The molecule has 15 heavy (non-hydrogen) atoms. The number of para-hydroxylation sites is 1. The highest BCUT2D eigenvalue weighted by molar-refractivity contribution is 5.54. The van der Waals surface area contributed by atoms with E-state index in [0.717, 1.165) is 12.8 Å². The Hall–Kier alpha value is -1.06. The van der Waals surface area contributed by atoms with Crippen LogP contribution in [0, 0.1) is 0 Å². The van der Waals surface area contributed by atoms with Crippen LogP contribution < -0.4 is 10.6 Å². The molecule has 3 N–H and O–H groups in total. The molecule has 1 unspecified atom stereocenters. The van der Waals surface area contributed by atoms with Crippen LogP contribution in [0.4, 0.5) is 5.69 Å². The summed E-state index contributed by atoms with van der Waals surface area (Å²) in [5, 5.41) is 16.8. The first-order chi connectivity index (χ1) is 7.28. The van der Waals surface area contributed by atoms with Crippen molar-refractivity contribution in [1.82, 2.24) is 5.32 Å². The number of hydrogen-bond acceptors (Lipinski definition) is 3. The highest BCUT2D eigenvalue weighted by atomic mass is 16.3. The molecule has 3 nitrogen and oxygen atoms in total. The van der Waals surface area contributed by atoms with E-state index in [-0.39, 0.29) is 6.04 Å². The molecule has 0 aliphatic carbocycles. The molecule has 0 aromatic heterocycles. The molecule has 0 amide bonds. The molecule has 0 spiro atoms. The number of β-amino-alcohol motifs (C(OH)–C–C–N with tert-alkyl or cyclic N) is 1. The van der Waals surface area contributed by atoms with Gasteiger partial charge in [0, 0.05) is 18.8 Å². The lowest BCUT2D eigenvalue weighted by atomic mass is 9.82. The zero-order valence-corrected chi connectivity index (χ0v) is 8.66. The number of aliphatic hydroxyl groups is 1. The summed E-state index contributed by atoms with van der Waals surface area (Å²) in [5.41, 5.74) is 2.02. The minimum Gasteiger partial charge on any atom is -0.385 e. The average Bonchev–Trinajstić information content (AvgIpc) is 2.25. The van der Waals surface area contributed by atoms with Gasteiger partial charge in [0.2, 0.25) is 0 Å². The van der Waals surface area contributed by atoms with Crippen LogP contribution in [0.2, 0.25) is 0 Å². The van der Waals surface area contributed by atoms with Crippen LogP contribution in [-0.4, -0.2) is 29.8 Å². The summed E-state index contributed by atoms with van der Waals surface area (Å²) in [4.78, 5) is 0. The molecular formula is C12H16N2O. The SMILES string of the molecule is OC1(C2CCc3ccccc3N2)CNC1. The van der Waals surface area contributed by atoms with E-state index in [4.69, 9.17) is 0 Å². The van der Waals surface area contributed by atoms with Gasteiger partial charge in [-0.25, -0.2) is 0 Å². The second kappa shape index (κ2) is 3.22. The first-order valence-corrected chi connectivity index (χ1v) is 5.55. The first-order valence-electron chi connectivity index (χ1n) is 5.55. The fraction of sp³-hybridized carbons (Fsp3) is 0.500. The van der Waals surface area contributed by atoms with Crippen LogP contribution in [0.5, 0.6) is 0 Å². The molecule has 3 heteroatoms. The van der Waals surface area contributed by atoms with Crippen molar-refractivity contribution in [3.63, 3.8) is 0 Å². The Kier molecular flexibility index (Phi) is 1.97. The Balaban J connectivity index is 1.83. The molecule has 1 saturated heterocycles. The zero-order valence-electron chi connectivity index (χ0n) is 8.66. The third-order valence-corrected chi connectivity index (χ3v) is 3.56. The van der Waals surface area contributed by atoms with Crippen molar-refractivity contribution in [2.75, 3.05) is 18.4 Å². The maximum absolute atomic E-state index is 10.2. The maximum atomic E-state index is 10.2. The van der Waals surface area contributed by atoms with Crippen molar-refractivity contribution in [2.24, 2.45) is 0 Å². The molecule has 2 aliphatic rings. The normalized spacial score (nSPS) is 27.4. The third kappa shape index (κ3) is 1.43. The minimum absolute atomic E-state index is 0.202. The van der Waals surface area contributed by atoms with Gasteiger partial charge in [-0.15, -0.1) is 0 Å². The molecular weight excluding hydrogens is 188 g/mol. The fourth-order valence-electron chi connectivity index (χ4n) is 2.47. The number of anilines is 1. The summed E-state index contributed by atoms with van der Waals surface area (Å²) in [6.07, 6.45) is 2.09. The zero-order chi connectivity index (χ0) is 10.3. The van der Waals surface area contributed by atoms with Gasteiger partial charge in [-0.3, -0.25) is 0 Å². The second-order valence-corrected chi connectivity index (χ2v) is 4.60. The largest absolute Gasteiger partial charge is 0.385 e. The van der Waals surface area contributed by atoms with Gasteiger partial charge in [-0.2, -0.15) is 0 Å². The molecule has 0 saturated carbocycles. The first kappa shape index (κ1) is 9.19. The predicted molar refractivity (Wildman–Crippen MR) is 60.0 cm³/mol. The molecule has 2 aliphatic heterocycles. The lowest BCUT2D eigenvalue weighted by molar-refractivity contribution is -0.0291. The molecule has 1 aromatic rings. The summed E-state index contributed by atoms with van der Waals surface area (Å²) in [5.74, 6) is 0. The summed E-state index contributed by atoms with van der Waals surface area (Å²) < 4.78 is 0. The fourth-order valence-corrected chi connectivity index (χ4v) is 2.47. The highest BCUT2D eigenvalue weighted by Crippen LogP contribution is 2.30. The standard InChI is InChI=1S/C12H16N2O/c15-12(7-13-8-12)11-6-5-9-3-1-2-4-10(9)14-11/h1-4,11,13-15H,5-8H2. The van der Waals surface area contributed by atoms with Crippen LogP contribution >= 0.6 is 0 Å². The maximum Gasteiger partial charge on any atom is 0.109 e. The Morgan fingerprint density at radius 1 is 1.27 bits per heavy atom. The van der Waals surface area contributed by atoms with E-state index in [1.165, 1.54) is 11.3 Å². The van der Waals surface area contributed by atoms with Gasteiger partial charge in [0.15, 0.2) is 0 Å². The number of rotatable bonds is 1. The Morgan fingerprint density at radius 2 is 2.07 bits per heavy atom. The molecule has 1 aromatic carbocycles. The van der Waals surface area contributed by atoms with Crippen molar-refractivity contribution in [3.8, 4) is 0 Å². The van der Waals surface area contributed by atoms with E-state index in [2.05, 4.69) is 28.8 Å². The Morgan fingerprint density at radius 3 is 2.80 bits per heavy atom. The van der Waals surface area contributed by atoms with E-state index in [1.807, 2.05) is 6.07 Å². The number of nitrogens with one attached hydrogen (secondary N) is 2. The van der Waals surface area contributed by atoms with Gasteiger partial charge in [-0.1, -0.05) is 18.2 Å². The van der Waals surface area contributed by atoms with Crippen LogP contribution in [0.25, 0.3) is 0 Å². The lowest BCUT2D eigenvalue weighted by Gasteiger charge is -2.46. The summed E-state index contributed by atoms with van der Waals surface area (Å²) in [7, 11) is 0. The molecule has 1 atom stereocenters. The topological polar surface area (TPSA) is 44.3 Å². The van der Waals surface area contributed by atoms with Crippen LogP contribution in [-0.2, 0) is 6.42 Å². The van der Waals surface area contributed by atoms with Crippen molar-refractivity contribution in [2.45, 2.75) is 24.5 Å². The van der Waals surface area contributed by atoms with E-state index in [1.54, 1.807) is 0 Å². The van der Waals surface area contributed by atoms with Crippen LogP contribution in [0.3, 0.4) is 0 Å². The average molecular weight is 204 g/mol. The van der Waals surface area contributed by atoms with E-state index < -0.39 is 5.60 Å². The van der Waals surface area contributed by atoms with Gasteiger partial charge >= 0.3 is 0 Å². The Labute approximate surface area is 89.5 Å². The van der Waals surface area contributed by atoms with E-state index in [9.17, 15) is 5.11 Å². The van der Waals surface area contributed by atoms with Crippen molar-refractivity contribution >= 4 is 5.69 Å². The molecule has 1 fully saturated rings. The van der Waals surface area contributed by atoms with Gasteiger partial charge in [0.25, 0.3) is 0 Å². The van der Waals surface area contributed by atoms with Gasteiger partial charge in [0.05, 0.1) is 6.04 Å². The number of hydrogen-bond donors (Lipinski definition) is 3. The molecule has 80 valence electrons. The smallest absolute Gasteiger partial charge is 0.109 e. The number of aryl methyl sites for hydroxylation is 1. The van der Waals surface area contributed by atoms with Gasteiger partial charge in [-0.05, 0) is 24.5 Å². The molecule has 2 heterocycles. The number of benzene rings is 1. The Bertz CT molecular complexity index is 374. The third-order valence-electron chi connectivity index (χ3n) is 3.56. The summed E-state index contributed by atoms with van der Waals surface area (Å²) in [6.45, 7) is 1.43. The lowest BCUT2D eigenvalue weighted by Crippen LogP contribution is -2.68. The van der Waals surface area contributed by atoms with E-state index in [0.29, 0.717) is 13.1 Å². The quantitative estimate of drug-likeness (QED) is 0.632. The van der Waals surface area contributed by atoms with Crippen molar-refractivity contribution in [3.05, 3.63) is 29.8 Å². The predicted octanol–water partition coefficient (Wildman–Crippen LogP) is 0.748. The monoisotopic (exact) mass is 204 g/mol. The van der Waals surface area contributed by atoms with Gasteiger partial charge < -0.3 is 15.7 Å². The van der Waals surface area contributed by atoms with E-state index >= 15 is 0 Å². The van der Waals surface area contributed by atoms with Crippen molar-refractivity contribution in [1.29, 1.82) is 0 Å². The minimum atomic E-state index is -0.534. The summed E-state index contributed by atoms with van der Waals surface area (Å²) >= 11 is 0. The van der Waals surface area contributed by atoms with Crippen LogP contribution in [0.1, 0.15) is 12.0 Å². The second-order valence-electron chi connectivity index (χ2n) is 4.60. The van der Waals surface area contributed by atoms with Crippen molar-refractivity contribution < 1.29 is 5.11 Å². The van der Waals surface area contributed by atoms with Crippen LogP contribution in [0.15, 0.2) is 24.3 Å². The molecule has 3 rings (SSSR count). The summed E-state index contributed by atoms with van der Waals surface area (Å²) in [6, 6.07) is 8.56. The number of fused-ring (bicyclic) bond motifs is 1. The van der Waals surface area contributed by atoms with Gasteiger partial charge in [0.1, 0.15) is 5.60 Å².